The van der Waals surface area contributed by atoms with Gasteiger partial charge in [-0.05, 0) is 45.0 Å². The lowest BCUT2D eigenvalue weighted by molar-refractivity contribution is -0.123. The second-order valence-corrected chi connectivity index (χ2v) is 7.97. The van der Waals surface area contributed by atoms with Gasteiger partial charge in [0.25, 0.3) is 5.91 Å². The second kappa shape index (κ2) is 8.02. The summed E-state index contributed by atoms with van der Waals surface area (Å²) in [4.78, 5) is 29.5. The zero-order valence-corrected chi connectivity index (χ0v) is 16.9. The lowest BCUT2D eigenvalue weighted by atomic mass is 10.1. The van der Waals surface area contributed by atoms with Gasteiger partial charge in [0, 0.05) is 5.54 Å². The van der Waals surface area contributed by atoms with E-state index in [2.05, 4.69) is 15.6 Å². The minimum absolute atomic E-state index is 0.116. The van der Waals surface area contributed by atoms with E-state index in [1.54, 1.807) is 24.3 Å². The van der Waals surface area contributed by atoms with E-state index in [0.29, 0.717) is 16.4 Å². The van der Waals surface area contributed by atoms with Crippen molar-refractivity contribution in [1.82, 2.24) is 20.2 Å². The fourth-order valence-electron chi connectivity index (χ4n) is 2.94. The highest BCUT2D eigenvalue weighted by molar-refractivity contribution is 6.33. The highest BCUT2D eigenvalue weighted by Crippen LogP contribution is 2.18. The van der Waals surface area contributed by atoms with Gasteiger partial charge in [0.2, 0.25) is 5.91 Å². The van der Waals surface area contributed by atoms with E-state index >= 15 is 0 Å². The van der Waals surface area contributed by atoms with E-state index in [4.69, 9.17) is 11.6 Å². The average Bonchev–Trinajstić information content (AvgIpc) is 2.96. The fourth-order valence-corrected chi connectivity index (χ4v) is 3.16. The van der Waals surface area contributed by atoms with Gasteiger partial charge >= 0.3 is 0 Å². The van der Waals surface area contributed by atoms with E-state index in [1.807, 2.05) is 49.6 Å². The van der Waals surface area contributed by atoms with Gasteiger partial charge in [-0.3, -0.25) is 9.59 Å². The summed E-state index contributed by atoms with van der Waals surface area (Å²) in [6.45, 7) is 6.10. The Bertz CT molecular complexity index is 1020. The summed E-state index contributed by atoms with van der Waals surface area (Å²) in [5, 5.41) is 6.18. The second-order valence-electron chi connectivity index (χ2n) is 7.56. The number of imidazole rings is 1. The first-order valence-electron chi connectivity index (χ1n) is 9.02. The maximum absolute atomic E-state index is 12.5. The third kappa shape index (κ3) is 4.70. The maximum Gasteiger partial charge on any atom is 0.253 e. The molecule has 0 saturated carbocycles. The molecule has 28 heavy (non-hydrogen) atoms. The van der Waals surface area contributed by atoms with Crippen LogP contribution in [0.1, 0.15) is 37.0 Å². The van der Waals surface area contributed by atoms with Crippen LogP contribution >= 0.6 is 11.6 Å². The number of amides is 2. The van der Waals surface area contributed by atoms with Crippen LogP contribution in [-0.2, 0) is 17.9 Å². The molecule has 0 unspecified atom stereocenters. The van der Waals surface area contributed by atoms with Crippen LogP contribution in [0.4, 0.5) is 0 Å². The minimum Gasteiger partial charge on any atom is -0.350 e. The van der Waals surface area contributed by atoms with Crippen LogP contribution in [0.5, 0.6) is 0 Å². The molecule has 1 heterocycles. The Balaban J connectivity index is 1.83. The van der Waals surface area contributed by atoms with Crippen molar-refractivity contribution in [3.05, 3.63) is 64.9 Å². The standard InChI is InChI=1S/C21H23ClN4O2/c1-21(2,3)25-19(27)13-26-17-11-7-6-10-16(17)24-18(26)12-23-20(28)14-8-4-5-9-15(14)22/h4-11H,12-13H2,1-3H3,(H,23,28)(H,25,27). The number of hydrogen-bond donors (Lipinski definition) is 2. The van der Waals surface area contributed by atoms with Crippen LogP contribution in [0, 0.1) is 0 Å². The topological polar surface area (TPSA) is 76.0 Å². The van der Waals surface area contributed by atoms with E-state index in [-0.39, 0.29) is 30.4 Å². The first-order chi connectivity index (χ1) is 13.2. The summed E-state index contributed by atoms with van der Waals surface area (Å²) in [6.07, 6.45) is 0. The fraction of sp³-hybridized carbons (Fsp3) is 0.286. The Hall–Kier alpha value is -2.86. The summed E-state index contributed by atoms with van der Waals surface area (Å²) >= 11 is 6.09. The van der Waals surface area contributed by atoms with E-state index in [9.17, 15) is 9.59 Å². The van der Waals surface area contributed by atoms with Crippen LogP contribution in [-0.4, -0.2) is 26.9 Å². The molecule has 0 aliphatic rings. The molecule has 3 aromatic rings. The molecule has 0 radical (unpaired) electrons. The van der Waals surface area contributed by atoms with Crippen molar-refractivity contribution >= 4 is 34.4 Å². The minimum atomic E-state index is -0.327. The molecule has 0 spiro atoms. The van der Waals surface area contributed by atoms with Gasteiger partial charge in [-0.25, -0.2) is 4.98 Å². The van der Waals surface area contributed by atoms with E-state index in [1.165, 1.54) is 0 Å². The zero-order chi connectivity index (χ0) is 20.3. The molecular formula is C21H23ClN4O2. The molecule has 0 saturated heterocycles. The monoisotopic (exact) mass is 398 g/mol. The Morgan fingerprint density at radius 3 is 2.46 bits per heavy atom. The van der Waals surface area contributed by atoms with Crippen LogP contribution in [0.15, 0.2) is 48.5 Å². The molecule has 7 heteroatoms. The highest BCUT2D eigenvalue weighted by Gasteiger charge is 2.18. The van der Waals surface area contributed by atoms with Crippen LogP contribution in [0.2, 0.25) is 5.02 Å². The number of nitrogens with zero attached hydrogens (tertiary/aromatic N) is 2. The van der Waals surface area contributed by atoms with Gasteiger partial charge in [-0.15, -0.1) is 0 Å². The summed E-state index contributed by atoms with van der Waals surface area (Å²) in [5.41, 5.74) is 1.69. The van der Waals surface area contributed by atoms with Crippen molar-refractivity contribution in [2.75, 3.05) is 0 Å². The number of fused-ring (bicyclic) bond motifs is 1. The van der Waals surface area contributed by atoms with Crippen molar-refractivity contribution in [1.29, 1.82) is 0 Å². The zero-order valence-electron chi connectivity index (χ0n) is 16.1. The number of hydrogen-bond acceptors (Lipinski definition) is 3. The van der Waals surface area contributed by atoms with Gasteiger partial charge in [-0.1, -0.05) is 35.9 Å². The maximum atomic E-state index is 12.5. The molecule has 3 rings (SSSR count). The smallest absolute Gasteiger partial charge is 0.253 e. The largest absolute Gasteiger partial charge is 0.350 e. The molecule has 1 aromatic heterocycles. The van der Waals surface area contributed by atoms with Gasteiger partial charge in [0.1, 0.15) is 12.4 Å². The van der Waals surface area contributed by atoms with Gasteiger partial charge < -0.3 is 15.2 Å². The number of benzene rings is 2. The molecule has 0 aliphatic heterocycles. The SMILES string of the molecule is CC(C)(C)NC(=O)Cn1c(CNC(=O)c2ccccc2Cl)nc2ccccc21. The molecule has 0 fully saturated rings. The summed E-state index contributed by atoms with van der Waals surface area (Å²) < 4.78 is 1.82. The predicted molar refractivity (Wildman–Crippen MR) is 110 cm³/mol. The van der Waals surface area contributed by atoms with E-state index < -0.39 is 0 Å². The predicted octanol–water partition coefficient (Wildman–Crippen LogP) is 3.53. The van der Waals surface area contributed by atoms with Gasteiger partial charge in [0.05, 0.1) is 28.2 Å². The first kappa shape index (κ1) is 19.9. The summed E-state index contributed by atoms with van der Waals surface area (Å²) in [5.74, 6) is 0.198. The third-order valence-corrected chi connectivity index (χ3v) is 4.40. The number of halogens is 1. The molecule has 2 aromatic carbocycles. The lowest BCUT2D eigenvalue weighted by Crippen LogP contribution is -2.42. The third-order valence-electron chi connectivity index (χ3n) is 4.08. The molecule has 0 bridgehead atoms. The number of aromatic nitrogens is 2. The Morgan fingerprint density at radius 2 is 1.75 bits per heavy atom. The van der Waals surface area contributed by atoms with Crippen molar-refractivity contribution in [2.24, 2.45) is 0 Å². The molecule has 0 aliphatic carbocycles. The summed E-state index contributed by atoms with van der Waals surface area (Å²) in [7, 11) is 0. The van der Waals surface area contributed by atoms with Gasteiger partial charge in [0.15, 0.2) is 0 Å². The number of carbonyl (C=O) groups is 2. The van der Waals surface area contributed by atoms with Crippen LogP contribution in [0.25, 0.3) is 11.0 Å². The van der Waals surface area contributed by atoms with Crippen molar-refractivity contribution < 1.29 is 9.59 Å². The van der Waals surface area contributed by atoms with Crippen LogP contribution < -0.4 is 10.6 Å². The van der Waals surface area contributed by atoms with Crippen molar-refractivity contribution in [3.8, 4) is 0 Å². The number of rotatable bonds is 5. The quantitative estimate of drug-likeness (QED) is 0.690. The number of carbonyl (C=O) groups excluding carboxylic acids is 2. The Kier molecular flexibility index (Phi) is 5.70. The molecular weight excluding hydrogens is 376 g/mol. The first-order valence-corrected chi connectivity index (χ1v) is 9.40. The average molecular weight is 399 g/mol. The number of nitrogens with one attached hydrogen (secondary N) is 2. The molecule has 146 valence electrons. The van der Waals surface area contributed by atoms with E-state index in [0.717, 1.165) is 11.0 Å². The summed E-state index contributed by atoms with van der Waals surface area (Å²) in [6, 6.07) is 14.4. The van der Waals surface area contributed by atoms with Crippen LogP contribution in [0.3, 0.4) is 0 Å². The molecule has 2 amide bonds. The van der Waals surface area contributed by atoms with Crippen molar-refractivity contribution in [3.63, 3.8) is 0 Å². The van der Waals surface area contributed by atoms with Crippen molar-refractivity contribution in [2.45, 2.75) is 39.4 Å². The lowest BCUT2D eigenvalue weighted by Gasteiger charge is -2.21. The number of para-hydroxylation sites is 2. The Morgan fingerprint density at radius 1 is 1.07 bits per heavy atom. The molecule has 0 atom stereocenters. The Labute approximate surface area is 168 Å². The highest BCUT2D eigenvalue weighted by atomic mass is 35.5. The van der Waals surface area contributed by atoms with Gasteiger partial charge in [-0.2, -0.15) is 0 Å². The normalized spacial score (nSPS) is 11.4. The molecule has 6 nitrogen and oxygen atoms in total. The molecule has 2 N–H and O–H groups in total.